The minimum atomic E-state index is 0.350. The van der Waals surface area contributed by atoms with Gasteiger partial charge >= 0.3 is 0 Å². The third kappa shape index (κ3) is 3.95. The molecule has 2 atom stereocenters. The van der Waals surface area contributed by atoms with E-state index in [1.165, 1.54) is 31.4 Å². The third-order valence-electron chi connectivity index (χ3n) is 4.27. The monoisotopic (exact) mass is 280 g/mol. The first kappa shape index (κ1) is 14.8. The lowest BCUT2D eigenvalue weighted by molar-refractivity contribution is 0.154. The molecular weight excluding hydrogens is 256 g/mol. The van der Waals surface area contributed by atoms with Gasteiger partial charge in [0.05, 0.1) is 0 Å². The molecule has 2 unspecified atom stereocenters. The Hall–Kier alpha value is -0.570. The first-order valence-electron chi connectivity index (χ1n) is 7.38. The van der Waals surface area contributed by atoms with Crippen LogP contribution in [-0.4, -0.2) is 31.1 Å². The van der Waals surface area contributed by atoms with Crippen molar-refractivity contribution < 1.29 is 0 Å². The predicted molar refractivity (Wildman–Crippen MR) is 82.8 cm³/mol. The highest BCUT2D eigenvalue weighted by Gasteiger charge is 2.20. The molecular formula is C16H25ClN2. The molecule has 2 nitrogen and oxygen atoms in total. The normalized spacial score (nSPS) is 22.4. The molecule has 0 radical (unpaired) electrons. The molecule has 0 aliphatic carbocycles. The summed E-state index contributed by atoms with van der Waals surface area (Å²) in [6, 6.07) is 9.24. The van der Waals surface area contributed by atoms with Gasteiger partial charge in [-0.3, -0.25) is 0 Å². The van der Waals surface area contributed by atoms with E-state index in [0.717, 1.165) is 24.0 Å². The number of nitrogens with zero attached hydrogens (tertiary/aromatic N) is 1. The average molecular weight is 281 g/mol. The standard InChI is InChI=1S/C16H25ClN2/c1-13-7-5-6-11-19(13)12-10-16(18-2)14-8-3-4-9-15(14)17/h3-4,8-9,13,16,18H,5-7,10-12H2,1-2H3. The molecule has 0 spiro atoms. The van der Waals surface area contributed by atoms with Gasteiger partial charge in [0, 0.05) is 23.7 Å². The van der Waals surface area contributed by atoms with Gasteiger partial charge in [-0.25, -0.2) is 0 Å². The van der Waals surface area contributed by atoms with Crippen molar-refractivity contribution in [1.82, 2.24) is 10.2 Å². The molecule has 1 fully saturated rings. The molecule has 0 bridgehead atoms. The highest BCUT2D eigenvalue weighted by Crippen LogP contribution is 2.26. The summed E-state index contributed by atoms with van der Waals surface area (Å²) in [6.07, 6.45) is 5.19. The molecule has 1 aromatic carbocycles. The van der Waals surface area contributed by atoms with E-state index >= 15 is 0 Å². The van der Waals surface area contributed by atoms with E-state index in [9.17, 15) is 0 Å². The zero-order valence-corrected chi connectivity index (χ0v) is 12.8. The van der Waals surface area contributed by atoms with Crippen LogP contribution >= 0.6 is 11.6 Å². The van der Waals surface area contributed by atoms with Gasteiger partial charge in [-0.1, -0.05) is 36.2 Å². The molecule has 2 rings (SSSR count). The van der Waals surface area contributed by atoms with E-state index in [1.54, 1.807) is 0 Å². The van der Waals surface area contributed by atoms with Crippen molar-refractivity contribution in [1.29, 1.82) is 0 Å². The maximum atomic E-state index is 6.29. The van der Waals surface area contributed by atoms with Crippen LogP contribution in [-0.2, 0) is 0 Å². The molecule has 0 amide bonds. The summed E-state index contributed by atoms with van der Waals surface area (Å²) in [4.78, 5) is 2.62. The molecule has 0 aromatic heterocycles. The van der Waals surface area contributed by atoms with E-state index < -0.39 is 0 Å². The van der Waals surface area contributed by atoms with Crippen molar-refractivity contribution in [3.63, 3.8) is 0 Å². The summed E-state index contributed by atoms with van der Waals surface area (Å²) >= 11 is 6.29. The number of halogens is 1. The fraction of sp³-hybridized carbons (Fsp3) is 0.625. The van der Waals surface area contributed by atoms with Gasteiger partial charge in [0.15, 0.2) is 0 Å². The summed E-state index contributed by atoms with van der Waals surface area (Å²) in [6.45, 7) is 4.75. The van der Waals surface area contributed by atoms with Gasteiger partial charge in [-0.15, -0.1) is 0 Å². The van der Waals surface area contributed by atoms with Crippen molar-refractivity contribution >= 4 is 11.6 Å². The van der Waals surface area contributed by atoms with E-state index in [1.807, 2.05) is 19.2 Å². The Balaban J connectivity index is 1.94. The molecule has 1 heterocycles. The Kier molecular flexibility index (Phi) is 5.68. The van der Waals surface area contributed by atoms with Crippen molar-refractivity contribution in [2.75, 3.05) is 20.1 Å². The van der Waals surface area contributed by atoms with Gasteiger partial charge < -0.3 is 10.2 Å². The van der Waals surface area contributed by atoms with E-state index in [2.05, 4.69) is 29.3 Å². The molecule has 1 aromatic rings. The first-order chi connectivity index (χ1) is 9.22. The number of rotatable bonds is 5. The highest BCUT2D eigenvalue weighted by molar-refractivity contribution is 6.31. The van der Waals surface area contributed by atoms with Gasteiger partial charge in [-0.05, 0) is 51.4 Å². The summed E-state index contributed by atoms with van der Waals surface area (Å²) in [7, 11) is 2.02. The van der Waals surface area contributed by atoms with Crippen LogP contribution in [0.25, 0.3) is 0 Å². The summed E-state index contributed by atoms with van der Waals surface area (Å²) in [5.41, 5.74) is 1.22. The lowest BCUT2D eigenvalue weighted by Gasteiger charge is -2.34. The Morgan fingerprint density at radius 1 is 1.37 bits per heavy atom. The van der Waals surface area contributed by atoms with Gasteiger partial charge in [0.1, 0.15) is 0 Å². The Labute approximate surface area is 122 Å². The van der Waals surface area contributed by atoms with Crippen molar-refractivity contribution in [3.05, 3.63) is 34.9 Å². The van der Waals surface area contributed by atoms with Crippen LogP contribution in [0.2, 0.25) is 5.02 Å². The number of likely N-dealkylation sites (tertiary alicyclic amines) is 1. The molecule has 1 saturated heterocycles. The molecule has 1 N–H and O–H groups in total. The largest absolute Gasteiger partial charge is 0.313 e. The van der Waals surface area contributed by atoms with Gasteiger partial charge in [0.25, 0.3) is 0 Å². The highest BCUT2D eigenvalue weighted by atomic mass is 35.5. The Bertz CT molecular complexity index is 394. The molecule has 1 aliphatic heterocycles. The van der Waals surface area contributed by atoms with E-state index in [4.69, 9.17) is 11.6 Å². The van der Waals surface area contributed by atoms with Crippen LogP contribution in [0.15, 0.2) is 24.3 Å². The maximum Gasteiger partial charge on any atom is 0.0453 e. The van der Waals surface area contributed by atoms with E-state index in [0.29, 0.717) is 6.04 Å². The van der Waals surface area contributed by atoms with Crippen LogP contribution in [0, 0.1) is 0 Å². The second kappa shape index (κ2) is 7.28. The topological polar surface area (TPSA) is 15.3 Å². The molecule has 1 aliphatic rings. The first-order valence-corrected chi connectivity index (χ1v) is 7.76. The van der Waals surface area contributed by atoms with E-state index in [-0.39, 0.29) is 0 Å². The lowest BCUT2D eigenvalue weighted by atomic mass is 10.0. The fourth-order valence-corrected chi connectivity index (χ4v) is 3.27. The van der Waals surface area contributed by atoms with Crippen molar-refractivity contribution in [3.8, 4) is 0 Å². The van der Waals surface area contributed by atoms with Crippen LogP contribution < -0.4 is 5.32 Å². The minimum Gasteiger partial charge on any atom is -0.313 e. The zero-order valence-electron chi connectivity index (χ0n) is 12.0. The second-order valence-corrected chi connectivity index (χ2v) is 5.94. The Morgan fingerprint density at radius 3 is 2.84 bits per heavy atom. The average Bonchev–Trinajstić information content (AvgIpc) is 2.43. The number of benzene rings is 1. The number of hydrogen-bond donors (Lipinski definition) is 1. The Morgan fingerprint density at radius 2 is 2.16 bits per heavy atom. The zero-order chi connectivity index (χ0) is 13.7. The molecule has 0 saturated carbocycles. The van der Waals surface area contributed by atoms with Crippen LogP contribution in [0.5, 0.6) is 0 Å². The SMILES string of the molecule is CNC(CCN1CCCCC1C)c1ccccc1Cl. The van der Waals surface area contributed by atoms with Gasteiger partial charge in [-0.2, -0.15) is 0 Å². The minimum absolute atomic E-state index is 0.350. The summed E-state index contributed by atoms with van der Waals surface area (Å²) in [5, 5.41) is 4.27. The predicted octanol–water partition coefficient (Wildman–Crippen LogP) is 3.87. The van der Waals surface area contributed by atoms with Crippen LogP contribution in [0.4, 0.5) is 0 Å². The van der Waals surface area contributed by atoms with Crippen molar-refractivity contribution in [2.45, 2.75) is 44.7 Å². The molecule has 106 valence electrons. The summed E-state index contributed by atoms with van der Waals surface area (Å²) in [5.74, 6) is 0. The smallest absolute Gasteiger partial charge is 0.0453 e. The number of hydrogen-bond acceptors (Lipinski definition) is 2. The molecule has 3 heteroatoms. The lowest BCUT2D eigenvalue weighted by Crippen LogP contribution is -2.39. The number of nitrogens with one attached hydrogen (secondary N) is 1. The van der Waals surface area contributed by atoms with Crippen LogP contribution in [0.1, 0.15) is 44.2 Å². The summed E-state index contributed by atoms with van der Waals surface area (Å²) < 4.78 is 0. The quantitative estimate of drug-likeness (QED) is 0.881. The van der Waals surface area contributed by atoms with Gasteiger partial charge in [0.2, 0.25) is 0 Å². The third-order valence-corrected chi connectivity index (χ3v) is 4.62. The fourth-order valence-electron chi connectivity index (χ4n) is 3.00. The van der Waals surface area contributed by atoms with Crippen molar-refractivity contribution in [2.24, 2.45) is 0 Å². The second-order valence-electron chi connectivity index (χ2n) is 5.53. The molecule has 19 heavy (non-hydrogen) atoms. The number of piperidine rings is 1. The van der Waals surface area contributed by atoms with Crippen LogP contribution in [0.3, 0.4) is 0 Å². The maximum absolute atomic E-state index is 6.29.